The van der Waals surface area contributed by atoms with Crippen LogP contribution in [0.15, 0.2) is 11.6 Å². The van der Waals surface area contributed by atoms with Crippen molar-refractivity contribution in [3.8, 4) is 6.07 Å². The average molecular weight is 589 g/mol. The van der Waals surface area contributed by atoms with Crippen LogP contribution in [-0.2, 0) is 19.6 Å². The van der Waals surface area contributed by atoms with Crippen molar-refractivity contribution in [1.82, 2.24) is 4.72 Å². The molecule has 7 heteroatoms. The highest BCUT2D eigenvalue weighted by Crippen LogP contribution is 2.71. The molecule has 0 spiro atoms. The third-order valence-electron chi connectivity index (χ3n) is 13.0. The van der Waals surface area contributed by atoms with Crippen molar-refractivity contribution in [1.29, 1.82) is 5.26 Å². The largest absolute Gasteiger partial charge is 0.299 e. The lowest BCUT2D eigenvalue weighted by Gasteiger charge is -2.68. The van der Waals surface area contributed by atoms with E-state index in [-0.39, 0.29) is 56.6 Å². The predicted molar refractivity (Wildman–Crippen MR) is 165 cm³/mol. The summed E-state index contributed by atoms with van der Waals surface area (Å²) in [6.45, 7) is 22.2. The van der Waals surface area contributed by atoms with Crippen LogP contribution in [0.5, 0.6) is 0 Å². The molecule has 2 fully saturated rings. The van der Waals surface area contributed by atoms with Crippen LogP contribution in [0.3, 0.4) is 0 Å². The first-order valence-corrected chi connectivity index (χ1v) is 17.6. The molecule has 0 bridgehead atoms. The van der Waals surface area contributed by atoms with Crippen LogP contribution in [0.25, 0.3) is 0 Å². The highest BCUT2D eigenvalue weighted by molar-refractivity contribution is 7.88. The van der Waals surface area contributed by atoms with Gasteiger partial charge in [-0.05, 0) is 77.4 Å². The number of hydrogen-bond acceptors (Lipinski definition) is 5. The number of Topliss-reactive ketones (excluding diaryl/α,β-unsaturated/α-hetero) is 2. The zero-order valence-electron chi connectivity index (χ0n) is 27.7. The van der Waals surface area contributed by atoms with Gasteiger partial charge in [-0.3, -0.25) is 9.59 Å². The third kappa shape index (κ3) is 5.99. The molecule has 232 valence electrons. The molecule has 0 saturated heterocycles. The van der Waals surface area contributed by atoms with Gasteiger partial charge >= 0.3 is 0 Å². The number of sulfonamides is 1. The third-order valence-corrected chi connectivity index (χ3v) is 13.7. The van der Waals surface area contributed by atoms with Crippen LogP contribution in [0.1, 0.15) is 121 Å². The van der Waals surface area contributed by atoms with Crippen LogP contribution in [0, 0.1) is 61.6 Å². The van der Waals surface area contributed by atoms with Gasteiger partial charge in [0.25, 0.3) is 0 Å². The molecule has 0 aromatic heterocycles. The molecule has 0 radical (unpaired) electrons. The quantitative estimate of drug-likeness (QED) is 0.289. The fraction of sp³-hybridized carbons (Fsp3) is 0.853. The summed E-state index contributed by atoms with van der Waals surface area (Å²) in [4.78, 5) is 27.1. The van der Waals surface area contributed by atoms with Gasteiger partial charge in [-0.2, -0.15) is 5.26 Å². The first kappa shape index (κ1) is 34.0. The van der Waals surface area contributed by atoms with Crippen LogP contribution in [-0.4, -0.2) is 32.8 Å². The number of carbonyl (C=O) groups excluding carboxylic acids is 2. The molecule has 0 aliphatic heterocycles. The highest BCUT2D eigenvalue weighted by Gasteiger charge is 2.67. The Morgan fingerprint density at radius 1 is 1.05 bits per heavy atom. The minimum absolute atomic E-state index is 0.0256. The second-order valence-electron chi connectivity index (χ2n) is 16.4. The van der Waals surface area contributed by atoms with Gasteiger partial charge in [0.2, 0.25) is 10.0 Å². The van der Waals surface area contributed by atoms with Gasteiger partial charge < -0.3 is 0 Å². The fourth-order valence-corrected chi connectivity index (χ4v) is 9.62. The summed E-state index contributed by atoms with van der Waals surface area (Å²) >= 11 is 0. The summed E-state index contributed by atoms with van der Waals surface area (Å²) < 4.78 is 27.1. The lowest BCUT2D eigenvalue weighted by Crippen LogP contribution is -2.64. The standard InChI is InChI=1S/C34H56N2O4S/c1-12-29(3,4)15-16-31(7,22-36-41(11,39)40)17-18-33(9)23(2)25(37)19-27-32(8)20-24(21-35)28(38)30(5,6)26(32)13-14-34(27,33)10/h20,23,26-27,36H,12-19,22H2,1-11H3/t23?,26?,27?,31-,32-,33+,34+/m0/s1. The molecular weight excluding hydrogens is 532 g/mol. The number of fused-ring (bicyclic) bond motifs is 3. The normalized spacial score (nSPS) is 36.9. The molecule has 0 heterocycles. The Bertz CT molecular complexity index is 1240. The zero-order valence-corrected chi connectivity index (χ0v) is 28.5. The maximum absolute atomic E-state index is 13.8. The van der Waals surface area contributed by atoms with E-state index in [0.717, 1.165) is 44.9 Å². The molecule has 0 aromatic carbocycles. The number of nitrogens with zero attached hydrogens (tertiary/aromatic N) is 1. The summed E-state index contributed by atoms with van der Waals surface area (Å²) in [5, 5.41) is 9.91. The minimum Gasteiger partial charge on any atom is -0.299 e. The lowest BCUT2D eigenvalue weighted by atomic mass is 9.35. The number of hydrogen-bond donors (Lipinski definition) is 1. The highest BCUT2D eigenvalue weighted by atomic mass is 32.2. The Balaban J connectivity index is 2.03. The minimum atomic E-state index is -3.33. The molecular formula is C34H56N2O4S. The van der Waals surface area contributed by atoms with Crippen molar-refractivity contribution in [2.45, 2.75) is 121 Å². The monoisotopic (exact) mass is 588 g/mol. The summed E-state index contributed by atoms with van der Waals surface area (Å²) in [5.41, 5.74) is -1.40. The van der Waals surface area contributed by atoms with E-state index in [1.54, 1.807) is 0 Å². The Morgan fingerprint density at radius 2 is 1.66 bits per heavy atom. The van der Waals surface area contributed by atoms with E-state index in [1.165, 1.54) is 6.26 Å². The number of allylic oxidation sites excluding steroid dienone is 2. The molecule has 0 amide bonds. The zero-order chi connectivity index (χ0) is 31.4. The van der Waals surface area contributed by atoms with Crippen LogP contribution >= 0.6 is 0 Å². The maximum atomic E-state index is 13.8. The van der Waals surface area contributed by atoms with Gasteiger partial charge in [0.05, 0.1) is 11.8 Å². The summed E-state index contributed by atoms with van der Waals surface area (Å²) in [6, 6.07) is 2.19. The molecule has 41 heavy (non-hydrogen) atoms. The number of nitriles is 1. The number of ketones is 2. The number of rotatable bonds is 10. The number of nitrogens with one attached hydrogen (secondary N) is 1. The second-order valence-corrected chi connectivity index (χ2v) is 18.2. The van der Waals surface area contributed by atoms with Crippen LogP contribution in [0.2, 0.25) is 0 Å². The Hall–Kier alpha value is -1.52. The van der Waals surface area contributed by atoms with E-state index in [4.69, 9.17) is 0 Å². The predicted octanol–water partition coefficient (Wildman–Crippen LogP) is 7.25. The SMILES string of the molecule is CCC(C)(C)CC[C@@](C)(CC[C@]1(C)C(C)C(=O)CC2[C@@]3(C)C=C(C#N)C(=O)C(C)(C)C3CC[C@]21C)CNS(C)(=O)=O. The maximum Gasteiger partial charge on any atom is 0.208 e. The Kier molecular flexibility index (Phi) is 9.02. The van der Waals surface area contributed by atoms with E-state index < -0.39 is 20.9 Å². The fourth-order valence-electron chi connectivity index (χ4n) is 9.01. The van der Waals surface area contributed by atoms with Crippen molar-refractivity contribution in [3.63, 3.8) is 0 Å². The average Bonchev–Trinajstić information content (AvgIpc) is 2.87. The van der Waals surface area contributed by atoms with E-state index in [0.29, 0.717) is 13.0 Å². The van der Waals surface area contributed by atoms with Crippen molar-refractivity contribution in [2.24, 2.45) is 50.2 Å². The molecule has 3 rings (SSSR count). The molecule has 7 atom stereocenters. The van der Waals surface area contributed by atoms with Gasteiger partial charge in [-0.25, -0.2) is 13.1 Å². The van der Waals surface area contributed by atoms with Gasteiger partial charge in [0.15, 0.2) is 5.78 Å². The molecule has 0 aromatic rings. The van der Waals surface area contributed by atoms with Crippen molar-refractivity contribution in [2.75, 3.05) is 12.8 Å². The van der Waals surface area contributed by atoms with Gasteiger partial charge in [-0.15, -0.1) is 0 Å². The van der Waals surface area contributed by atoms with E-state index in [1.807, 2.05) is 19.9 Å². The number of carbonyl (C=O) groups is 2. The summed E-state index contributed by atoms with van der Waals surface area (Å²) in [7, 11) is -3.33. The smallest absolute Gasteiger partial charge is 0.208 e. The van der Waals surface area contributed by atoms with Crippen molar-refractivity contribution >= 4 is 21.6 Å². The first-order chi connectivity index (χ1) is 18.5. The van der Waals surface area contributed by atoms with Crippen molar-refractivity contribution < 1.29 is 18.0 Å². The van der Waals surface area contributed by atoms with Gasteiger partial charge in [0.1, 0.15) is 11.9 Å². The molecule has 3 unspecified atom stereocenters. The van der Waals surface area contributed by atoms with Crippen molar-refractivity contribution in [3.05, 3.63) is 11.6 Å². The lowest BCUT2D eigenvalue weighted by molar-refractivity contribution is -0.187. The second kappa shape index (κ2) is 10.9. The van der Waals surface area contributed by atoms with Crippen LogP contribution < -0.4 is 4.72 Å². The topological polar surface area (TPSA) is 104 Å². The molecule has 1 N–H and O–H groups in total. The first-order valence-electron chi connectivity index (χ1n) is 15.7. The Morgan fingerprint density at radius 3 is 2.20 bits per heavy atom. The van der Waals surface area contributed by atoms with Gasteiger partial charge in [-0.1, -0.05) is 81.7 Å². The molecule has 3 aliphatic carbocycles. The molecule has 3 aliphatic rings. The van der Waals surface area contributed by atoms with E-state index >= 15 is 0 Å². The summed E-state index contributed by atoms with van der Waals surface area (Å²) in [6.07, 6.45) is 10.0. The molecule has 2 saturated carbocycles. The summed E-state index contributed by atoms with van der Waals surface area (Å²) in [5.74, 6) is 0.164. The van der Waals surface area contributed by atoms with E-state index in [9.17, 15) is 23.3 Å². The van der Waals surface area contributed by atoms with Crippen LogP contribution in [0.4, 0.5) is 0 Å². The van der Waals surface area contributed by atoms with E-state index in [2.05, 4.69) is 66.2 Å². The van der Waals surface area contributed by atoms with Gasteiger partial charge in [0, 0.05) is 24.3 Å². The Labute approximate surface area is 250 Å². The molecule has 6 nitrogen and oxygen atoms in total.